The molecule has 1 unspecified atom stereocenters. The topological polar surface area (TPSA) is 46.3 Å². The van der Waals surface area contributed by atoms with Crippen molar-refractivity contribution in [2.75, 3.05) is 6.54 Å². The number of rotatable bonds is 7. The van der Waals surface area contributed by atoms with Crippen molar-refractivity contribution in [2.24, 2.45) is 5.73 Å². The number of benzene rings is 1. The van der Waals surface area contributed by atoms with Crippen molar-refractivity contribution in [1.82, 2.24) is 4.90 Å². The van der Waals surface area contributed by atoms with Crippen molar-refractivity contribution in [3.63, 3.8) is 0 Å². The predicted octanol–water partition coefficient (Wildman–Crippen LogP) is 3.69. The van der Waals surface area contributed by atoms with Crippen LogP contribution in [0.15, 0.2) is 24.3 Å². The first-order valence-corrected chi connectivity index (χ1v) is 8.42. The van der Waals surface area contributed by atoms with E-state index < -0.39 is 0 Å². The van der Waals surface area contributed by atoms with Gasteiger partial charge in [0.1, 0.15) is 5.82 Å². The zero-order valence-electron chi connectivity index (χ0n) is 13.8. The van der Waals surface area contributed by atoms with Gasteiger partial charge in [0, 0.05) is 12.6 Å². The highest BCUT2D eigenvalue weighted by Crippen LogP contribution is 2.24. The number of hydrogen-bond acceptors (Lipinski definition) is 2. The molecule has 2 rings (SSSR count). The second-order valence-corrected chi connectivity index (χ2v) is 6.24. The minimum absolute atomic E-state index is 0. The van der Waals surface area contributed by atoms with Gasteiger partial charge in [0.05, 0.1) is 6.04 Å². The van der Waals surface area contributed by atoms with Crippen molar-refractivity contribution in [1.29, 1.82) is 0 Å². The summed E-state index contributed by atoms with van der Waals surface area (Å²) in [4.78, 5) is 14.6. The first-order valence-electron chi connectivity index (χ1n) is 8.42. The maximum absolute atomic E-state index is 13.0. The zero-order chi connectivity index (χ0) is 15.9. The number of nitrogens with two attached hydrogens (primary N) is 1. The molecule has 0 aliphatic heterocycles. The number of carbonyl (C=O) groups excluding carboxylic acids is 1. The SMILES string of the molecule is CCCC(N)C(=O)N(CCc1ccc(F)cc1)C1CCCC1.Cl. The van der Waals surface area contributed by atoms with E-state index in [-0.39, 0.29) is 30.2 Å². The normalized spacial score (nSPS) is 16.0. The highest BCUT2D eigenvalue weighted by molar-refractivity contribution is 5.85. The summed E-state index contributed by atoms with van der Waals surface area (Å²) in [7, 11) is 0. The van der Waals surface area contributed by atoms with Gasteiger partial charge in [-0.3, -0.25) is 4.79 Å². The van der Waals surface area contributed by atoms with Crippen LogP contribution in [0.25, 0.3) is 0 Å². The second-order valence-electron chi connectivity index (χ2n) is 6.24. The van der Waals surface area contributed by atoms with Gasteiger partial charge in [-0.15, -0.1) is 12.4 Å². The van der Waals surface area contributed by atoms with Crippen LogP contribution in [-0.2, 0) is 11.2 Å². The molecule has 2 N–H and O–H groups in total. The van der Waals surface area contributed by atoms with Gasteiger partial charge in [-0.05, 0) is 43.4 Å². The number of halogens is 2. The molecule has 130 valence electrons. The maximum Gasteiger partial charge on any atom is 0.239 e. The molecule has 1 aromatic rings. The van der Waals surface area contributed by atoms with Crippen molar-refractivity contribution in [3.05, 3.63) is 35.6 Å². The van der Waals surface area contributed by atoms with Gasteiger partial charge < -0.3 is 10.6 Å². The third kappa shape index (κ3) is 5.78. The molecular weight excluding hydrogens is 315 g/mol. The average molecular weight is 343 g/mol. The molecule has 1 aliphatic rings. The summed E-state index contributed by atoms with van der Waals surface area (Å²) in [5.74, 6) is -0.145. The molecule has 0 saturated heterocycles. The Bertz CT molecular complexity index is 474. The van der Waals surface area contributed by atoms with Crippen LogP contribution in [0.2, 0.25) is 0 Å². The van der Waals surface area contributed by atoms with Gasteiger partial charge in [0.15, 0.2) is 0 Å². The van der Waals surface area contributed by atoms with E-state index in [0.29, 0.717) is 12.6 Å². The summed E-state index contributed by atoms with van der Waals surface area (Å²) in [6.07, 6.45) is 6.94. The van der Waals surface area contributed by atoms with E-state index in [0.717, 1.165) is 37.7 Å². The highest BCUT2D eigenvalue weighted by atomic mass is 35.5. The van der Waals surface area contributed by atoms with Crippen LogP contribution < -0.4 is 5.73 Å². The van der Waals surface area contributed by atoms with Gasteiger partial charge >= 0.3 is 0 Å². The fourth-order valence-corrected chi connectivity index (χ4v) is 3.24. The van der Waals surface area contributed by atoms with Crippen LogP contribution in [0, 0.1) is 5.82 Å². The number of hydrogen-bond donors (Lipinski definition) is 1. The number of nitrogens with zero attached hydrogens (tertiary/aromatic N) is 1. The molecule has 0 spiro atoms. The third-order valence-corrected chi connectivity index (χ3v) is 4.52. The summed E-state index contributed by atoms with van der Waals surface area (Å²) in [5, 5.41) is 0. The Labute approximate surface area is 144 Å². The molecular formula is C18H28ClFN2O. The molecule has 1 aliphatic carbocycles. The molecule has 1 aromatic carbocycles. The molecule has 23 heavy (non-hydrogen) atoms. The lowest BCUT2D eigenvalue weighted by molar-refractivity contribution is -0.135. The Morgan fingerprint density at radius 2 is 1.91 bits per heavy atom. The molecule has 1 amide bonds. The minimum atomic E-state index is -0.390. The molecule has 0 bridgehead atoms. The Kier molecular flexibility index (Phi) is 8.56. The molecule has 0 aromatic heterocycles. The van der Waals surface area contributed by atoms with Crippen LogP contribution in [0.1, 0.15) is 51.0 Å². The van der Waals surface area contributed by atoms with E-state index in [1.165, 1.54) is 25.0 Å². The lowest BCUT2D eigenvalue weighted by Crippen LogP contribution is -2.48. The van der Waals surface area contributed by atoms with E-state index >= 15 is 0 Å². The first-order chi connectivity index (χ1) is 10.6. The van der Waals surface area contributed by atoms with Gasteiger partial charge in [0.25, 0.3) is 0 Å². The zero-order valence-corrected chi connectivity index (χ0v) is 14.7. The fraction of sp³-hybridized carbons (Fsp3) is 0.611. The van der Waals surface area contributed by atoms with E-state index in [1.807, 2.05) is 11.8 Å². The minimum Gasteiger partial charge on any atom is -0.338 e. The van der Waals surface area contributed by atoms with Crippen molar-refractivity contribution in [2.45, 2.75) is 64.0 Å². The van der Waals surface area contributed by atoms with Crippen molar-refractivity contribution < 1.29 is 9.18 Å². The lowest BCUT2D eigenvalue weighted by Gasteiger charge is -2.31. The Balaban J connectivity index is 0.00000264. The van der Waals surface area contributed by atoms with E-state index in [9.17, 15) is 9.18 Å². The van der Waals surface area contributed by atoms with Gasteiger partial charge in [-0.25, -0.2) is 4.39 Å². The lowest BCUT2D eigenvalue weighted by atomic mass is 10.1. The summed E-state index contributed by atoms with van der Waals surface area (Å²) in [5.41, 5.74) is 7.10. The van der Waals surface area contributed by atoms with Crippen LogP contribution in [-0.4, -0.2) is 29.4 Å². The Morgan fingerprint density at radius 3 is 2.48 bits per heavy atom. The fourth-order valence-electron chi connectivity index (χ4n) is 3.24. The standard InChI is InChI=1S/C18H27FN2O.ClH/c1-2-5-17(20)18(22)21(16-6-3-4-7-16)13-12-14-8-10-15(19)11-9-14;/h8-11,16-17H,2-7,12-13,20H2,1H3;1H. The third-order valence-electron chi connectivity index (χ3n) is 4.52. The number of carbonyl (C=O) groups is 1. The van der Waals surface area contributed by atoms with Crippen LogP contribution in [0.3, 0.4) is 0 Å². The predicted molar refractivity (Wildman–Crippen MR) is 94.2 cm³/mol. The van der Waals surface area contributed by atoms with Crippen LogP contribution in [0.5, 0.6) is 0 Å². The molecule has 1 saturated carbocycles. The molecule has 0 radical (unpaired) electrons. The molecule has 0 heterocycles. The smallest absolute Gasteiger partial charge is 0.239 e. The van der Waals surface area contributed by atoms with Gasteiger partial charge in [-0.2, -0.15) is 0 Å². The van der Waals surface area contributed by atoms with Crippen molar-refractivity contribution in [3.8, 4) is 0 Å². The average Bonchev–Trinajstić information content (AvgIpc) is 3.03. The van der Waals surface area contributed by atoms with Gasteiger partial charge in [0.2, 0.25) is 5.91 Å². The van der Waals surface area contributed by atoms with E-state index in [2.05, 4.69) is 0 Å². The largest absolute Gasteiger partial charge is 0.338 e. The van der Waals surface area contributed by atoms with Crippen LogP contribution in [0.4, 0.5) is 4.39 Å². The summed E-state index contributed by atoms with van der Waals surface area (Å²) >= 11 is 0. The first kappa shape index (κ1) is 19.9. The van der Waals surface area contributed by atoms with Gasteiger partial charge in [-0.1, -0.05) is 38.3 Å². The second kappa shape index (κ2) is 9.89. The summed E-state index contributed by atoms with van der Waals surface area (Å²) in [6.45, 7) is 2.72. The van der Waals surface area contributed by atoms with E-state index in [1.54, 1.807) is 12.1 Å². The Morgan fingerprint density at radius 1 is 1.30 bits per heavy atom. The molecule has 1 fully saturated rings. The monoisotopic (exact) mass is 342 g/mol. The summed E-state index contributed by atoms with van der Waals surface area (Å²) in [6, 6.07) is 6.46. The van der Waals surface area contributed by atoms with E-state index in [4.69, 9.17) is 5.73 Å². The summed E-state index contributed by atoms with van der Waals surface area (Å²) < 4.78 is 13.0. The quantitative estimate of drug-likeness (QED) is 0.821. The number of amides is 1. The van der Waals surface area contributed by atoms with Crippen LogP contribution >= 0.6 is 12.4 Å². The molecule has 3 nitrogen and oxygen atoms in total. The Hall–Kier alpha value is -1.13. The maximum atomic E-state index is 13.0. The molecule has 1 atom stereocenters. The molecule has 5 heteroatoms. The van der Waals surface area contributed by atoms with Crippen molar-refractivity contribution >= 4 is 18.3 Å². The highest BCUT2D eigenvalue weighted by Gasteiger charge is 2.29.